The molecule has 4 rings (SSSR count). The van der Waals surface area contributed by atoms with Crippen molar-refractivity contribution in [2.45, 2.75) is 39.7 Å². The van der Waals surface area contributed by atoms with Crippen LogP contribution in [0.4, 0.5) is 5.95 Å². The molecule has 1 atom stereocenters. The third-order valence-electron chi connectivity index (χ3n) is 5.73. The van der Waals surface area contributed by atoms with Crippen LogP contribution in [-0.2, 0) is 0 Å². The SMILES string of the molecule is Cc1ccc(-c2cc(C(=O)NC(C)c3cnc(N(C)C)nc3)cc(-n3nnnc3C(C)C)c2)cc1. The number of carbonyl (C=O) groups is 1. The molecule has 1 N–H and O–H groups in total. The molecule has 0 bridgehead atoms. The fourth-order valence-electron chi connectivity index (χ4n) is 3.66. The highest BCUT2D eigenvalue weighted by molar-refractivity contribution is 5.96. The fourth-order valence-corrected chi connectivity index (χ4v) is 3.66. The Morgan fingerprint density at radius 3 is 2.29 bits per heavy atom. The van der Waals surface area contributed by atoms with Gasteiger partial charge in [-0.3, -0.25) is 4.79 Å². The minimum atomic E-state index is -0.274. The lowest BCUT2D eigenvalue weighted by atomic mass is 10.00. The Bertz CT molecular complexity index is 1310. The average molecular weight is 471 g/mol. The van der Waals surface area contributed by atoms with Crippen molar-refractivity contribution in [1.82, 2.24) is 35.5 Å². The van der Waals surface area contributed by atoms with Gasteiger partial charge in [-0.2, -0.15) is 4.68 Å². The van der Waals surface area contributed by atoms with E-state index in [0.717, 1.165) is 28.2 Å². The highest BCUT2D eigenvalue weighted by Gasteiger charge is 2.18. The molecule has 1 unspecified atom stereocenters. The largest absolute Gasteiger partial charge is 0.347 e. The molecular weight excluding hydrogens is 440 g/mol. The molecule has 0 spiro atoms. The summed E-state index contributed by atoms with van der Waals surface area (Å²) in [6, 6.07) is 13.6. The Morgan fingerprint density at radius 1 is 0.971 bits per heavy atom. The number of anilines is 1. The summed E-state index contributed by atoms with van der Waals surface area (Å²) in [6.07, 6.45) is 3.47. The van der Waals surface area contributed by atoms with E-state index in [4.69, 9.17) is 0 Å². The number of nitrogens with zero attached hydrogens (tertiary/aromatic N) is 7. The third-order valence-corrected chi connectivity index (χ3v) is 5.73. The summed E-state index contributed by atoms with van der Waals surface area (Å²) in [5.74, 6) is 1.26. The molecular formula is C26H30N8O. The first-order chi connectivity index (χ1) is 16.7. The summed E-state index contributed by atoms with van der Waals surface area (Å²) >= 11 is 0. The van der Waals surface area contributed by atoms with Crippen LogP contribution in [0, 0.1) is 6.92 Å². The minimum absolute atomic E-state index is 0.121. The summed E-state index contributed by atoms with van der Waals surface area (Å²) in [5, 5.41) is 15.3. The van der Waals surface area contributed by atoms with Gasteiger partial charge >= 0.3 is 0 Å². The smallest absolute Gasteiger partial charge is 0.251 e. The second-order valence-corrected chi connectivity index (χ2v) is 9.14. The lowest BCUT2D eigenvalue weighted by molar-refractivity contribution is 0.0940. The van der Waals surface area contributed by atoms with Gasteiger partial charge in [0, 0.05) is 43.5 Å². The van der Waals surface area contributed by atoms with Crippen LogP contribution >= 0.6 is 0 Å². The van der Waals surface area contributed by atoms with Crippen molar-refractivity contribution in [3.05, 3.63) is 77.4 Å². The van der Waals surface area contributed by atoms with E-state index in [1.807, 2.05) is 77.0 Å². The van der Waals surface area contributed by atoms with Crippen molar-refractivity contribution in [2.75, 3.05) is 19.0 Å². The lowest BCUT2D eigenvalue weighted by Crippen LogP contribution is -2.27. The standard InChI is InChI=1S/C26H30N8O/c1-16(2)24-30-31-32-34(24)23-12-20(19-9-7-17(3)8-10-19)11-21(13-23)25(35)29-18(4)22-14-27-26(28-15-22)33(5)6/h7-16,18H,1-6H3,(H,29,35). The summed E-state index contributed by atoms with van der Waals surface area (Å²) in [6.45, 7) is 8.02. The predicted molar refractivity (Wildman–Crippen MR) is 136 cm³/mol. The third kappa shape index (κ3) is 5.34. The van der Waals surface area contributed by atoms with Crippen LogP contribution in [0.5, 0.6) is 0 Å². The quantitative estimate of drug-likeness (QED) is 0.434. The second kappa shape index (κ2) is 10.0. The summed E-state index contributed by atoms with van der Waals surface area (Å²) < 4.78 is 1.69. The molecule has 0 aliphatic rings. The summed E-state index contributed by atoms with van der Waals surface area (Å²) in [5.41, 5.74) is 5.15. The van der Waals surface area contributed by atoms with E-state index in [0.29, 0.717) is 11.5 Å². The first-order valence-electron chi connectivity index (χ1n) is 11.5. The van der Waals surface area contributed by atoms with Crippen LogP contribution < -0.4 is 10.2 Å². The Labute approximate surface area is 205 Å². The Kier molecular flexibility index (Phi) is 6.86. The van der Waals surface area contributed by atoms with Crippen molar-refractivity contribution in [3.8, 4) is 16.8 Å². The molecule has 2 aromatic carbocycles. The molecule has 35 heavy (non-hydrogen) atoms. The van der Waals surface area contributed by atoms with Crippen LogP contribution in [0.15, 0.2) is 54.9 Å². The van der Waals surface area contributed by atoms with E-state index < -0.39 is 0 Å². The van der Waals surface area contributed by atoms with Crippen LogP contribution in [0.2, 0.25) is 0 Å². The zero-order valence-electron chi connectivity index (χ0n) is 20.9. The van der Waals surface area contributed by atoms with E-state index in [9.17, 15) is 4.79 Å². The molecule has 9 nitrogen and oxygen atoms in total. The molecule has 0 fully saturated rings. The number of hydrogen-bond donors (Lipinski definition) is 1. The molecule has 2 aromatic heterocycles. The molecule has 4 aromatic rings. The summed E-state index contributed by atoms with van der Waals surface area (Å²) in [7, 11) is 3.77. The molecule has 2 heterocycles. The van der Waals surface area contributed by atoms with Crippen molar-refractivity contribution in [3.63, 3.8) is 0 Å². The Morgan fingerprint density at radius 2 is 1.66 bits per heavy atom. The van der Waals surface area contributed by atoms with Gasteiger partial charge in [0.1, 0.15) is 0 Å². The van der Waals surface area contributed by atoms with Crippen LogP contribution in [0.3, 0.4) is 0 Å². The fraction of sp³-hybridized carbons (Fsp3) is 0.308. The van der Waals surface area contributed by atoms with Gasteiger partial charge in [-0.1, -0.05) is 43.7 Å². The number of aryl methyl sites for hydroxylation is 1. The van der Waals surface area contributed by atoms with E-state index in [-0.39, 0.29) is 17.9 Å². The first-order valence-corrected chi connectivity index (χ1v) is 11.5. The van der Waals surface area contributed by atoms with E-state index in [1.54, 1.807) is 17.1 Å². The maximum atomic E-state index is 13.4. The van der Waals surface area contributed by atoms with Crippen molar-refractivity contribution >= 4 is 11.9 Å². The number of hydrogen-bond acceptors (Lipinski definition) is 7. The molecule has 0 saturated carbocycles. The monoisotopic (exact) mass is 470 g/mol. The number of benzene rings is 2. The zero-order chi connectivity index (χ0) is 25.1. The molecule has 9 heteroatoms. The number of carbonyl (C=O) groups excluding carboxylic acids is 1. The van der Waals surface area contributed by atoms with Crippen LogP contribution in [-0.4, -0.2) is 50.2 Å². The normalized spacial score (nSPS) is 12.0. The van der Waals surface area contributed by atoms with Gasteiger partial charge in [-0.05, 0) is 53.6 Å². The second-order valence-electron chi connectivity index (χ2n) is 9.14. The molecule has 0 radical (unpaired) electrons. The zero-order valence-corrected chi connectivity index (χ0v) is 20.9. The van der Waals surface area contributed by atoms with Gasteiger partial charge in [-0.25, -0.2) is 9.97 Å². The topological polar surface area (TPSA) is 102 Å². The van der Waals surface area contributed by atoms with Crippen molar-refractivity contribution in [2.24, 2.45) is 0 Å². The van der Waals surface area contributed by atoms with Crippen molar-refractivity contribution in [1.29, 1.82) is 0 Å². The van der Waals surface area contributed by atoms with Crippen LogP contribution in [0.25, 0.3) is 16.8 Å². The maximum Gasteiger partial charge on any atom is 0.251 e. The van der Waals surface area contributed by atoms with Gasteiger partial charge in [0.2, 0.25) is 5.95 Å². The molecule has 1 amide bonds. The number of tetrazole rings is 1. The highest BCUT2D eigenvalue weighted by atomic mass is 16.1. The molecule has 0 aliphatic carbocycles. The van der Waals surface area contributed by atoms with Crippen LogP contribution in [0.1, 0.15) is 60.0 Å². The highest BCUT2D eigenvalue weighted by Crippen LogP contribution is 2.26. The molecule has 0 saturated heterocycles. The Balaban J connectivity index is 1.69. The number of nitrogens with one attached hydrogen (secondary N) is 1. The summed E-state index contributed by atoms with van der Waals surface area (Å²) in [4.78, 5) is 23.9. The number of rotatable bonds is 7. The van der Waals surface area contributed by atoms with Gasteiger partial charge in [0.25, 0.3) is 5.91 Å². The Hall–Kier alpha value is -4.14. The first kappa shape index (κ1) is 24.0. The number of aromatic nitrogens is 6. The molecule has 180 valence electrons. The van der Waals surface area contributed by atoms with Gasteiger partial charge in [0.15, 0.2) is 5.82 Å². The van der Waals surface area contributed by atoms with E-state index in [2.05, 4.69) is 42.9 Å². The van der Waals surface area contributed by atoms with Gasteiger partial charge in [0.05, 0.1) is 11.7 Å². The van der Waals surface area contributed by atoms with Gasteiger partial charge < -0.3 is 10.2 Å². The maximum absolute atomic E-state index is 13.4. The number of amides is 1. The predicted octanol–water partition coefficient (Wildman–Crippen LogP) is 4.11. The average Bonchev–Trinajstić information content (AvgIpc) is 3.35. The van der Waals surface area contributed by atoms with Gasteiger partial charge in [-0.15, -0.1) is 5.10 Å². The minimum Gasteiger partial charge on any atom is -0.347 e. The van der Waals surface area contributed by atoms with E-state index in [1.165, 1.54) is 5.56 Å². The van der Waals surface area contributed by atoms with Crippen molar-refractivity contribution < 1.29 is 4.79 Å². The van der Waals surface area contributed by atoms with E-state index >= 15 is 0 Å². The molecule has 0 aliphatic heterocycles. The lowest BCUT2D eigenvalue weighted by Gasteiger charge is -2.17.